The molecule has 0 aromatic heterocycles. The van der Waals surface area contributed by atoms with Crippen molar-refractivity contribution >= 4 is 23.8 Å². The summed E-state index contributed by atoms with van der Waals surface area (Å²) in [5, 5.41) is 3.14. The summed E-state index contributed by atoms with van der Waals surface area (Å²) in [6, 6.07) is 8.25. The summed E-state index contributed by atoms with van der Waals surface area (Å²) >= 11 is 1.91. The maximum Gasteiger partial charge on any atom is 0.408 e. The number of hydrogen-bond acceptors (Lipinski definition) is 4. The fourth-order valence-electron chi connectivity index (χ4n) is 4.88. The number of amides is 2. The fourth-order valence-corrected chi connectivity index (χ4v) is 5.97. The summed E-state index contributed by atoms with van der Waals surface area (Å²) in [6.07, 6.45) is 5.88. The number of carbonyl (C=O) groups is 2. The van der Waals surface area contributed by atoms with Crippen molar-refractivity contribution in [2.24, 2.45) is 11.8 Å². The Morgan fingerprint density at radius 3 is 2.40 bits per heavy atom. The van der Waals surface area contributed by atoms with Gasteiger partial charge in [0, 0.05) is 23.6 Å². The Kier molecular flexibility index (Phi) is 5.82. The second-order valence-electron chi connectivity index (χ2n) is 10.2. The highest BCUT2D eigenvalue weighted by Gasteiger charge is 2.54. The van der Waals surface area contributed by atoms with Gasteiger partial charge in [-0.15, -0.1) is 11.8 Å². The van der Waals surface area contributed by atoms with Gasteiger partial charge in [0.25, 0.3) is 0 Å². The largest absolute Gasteiger partial charge is 0.444 e. The summed E-state index contributed by atoms with van der Waals surface area (Å²) in [7, 11) is 1.90. The van der Waals surface area contributed by atoms with Crippen molar-refractivity contribution in [3.8, 4) is 0 Å². The fraction of sp³-hybridized carbons (Fsp3) is 0.667. The van der Waals surface area contributed by atoms with Gasteiger partial charge >= 0.3 is 6.09 Å². The van der Waals surface area contributed by atoms with Crippen molar-refractivity contribution in [1.82, 2.24) is 10.2 Å². The first-order chi connectivity index (χ1) is 14.2. The molecule has 2 aliphatic heterocycles. The number of nitrogens with one attached hydrogen (secondary N) is 1. The Labute approximate surface area is 184 Å². The summed E-state index contributed by atoms with van der Waals surface area (Å²) < 4.78 is 5.58. The van der Waals surface area contributed by atoms with E-state index in [0.29, 0.717) is 0 Å². The van der Waals surface area contributed by atoms with Crippen LogP contribution in [0.1, 0.15) is 70.9 Å². The predicted octanol–water partition coefficient (Wildman–Crippen LogP) is 5.16. The van der Waals surface area contributed by atoms with Crippen molar-refractivity contribution in [2.75, 3.05) is 12.8 Å². The lowest BCUT2D eigenvalue weighted by molar-refractivity contribution is -0.156. The molecule has 2 saturated carbocycles. The van der Waals surface area contributed by atoms with Crippen LogP contribution in [-0.2, 0) is 9.53 Å². The smallest absolute Gasteiger partial charge is 0.408 e. The van der Waals surface area contributed by atoms with E-state index in [1.807, 2.05) is 44.5 Å². The van der Waals surface area contributed by atoms with E-state index in [4.69, 9.17) is 4.74 Å². The number of likely N-dealkylation sites (N-methyl/N-ethyl adjacent to an activating group) is 1. The molecule has 6 heteroatoms. The van der Waals surface area contributed by atoms with Gasteiger partial charge in [-0.25, -0.2) is 4.79 Å². The van der Waals surface area contributed by atoms with E-state index in [1.54, 1.807) is 0 Å². The highest BCUT2D eigenvalue weighted by molar-refractivity contribution is 7.99. The lowest BCUT2D eigenvalue weighted by Crippen LogP contribution is -2.65. The molecule has 30 heavy (non-hydrogen) atoms. The van der Waals surface area contributed by atoms with Gasteiger partial charge in [-0.3, -0.25) is 4.79 Å². The molecule has 4 aliphatic rings. The highest BCUT2D eigenvalue weighted by Crippen LogP contribution is 2.49. The number of benzene rings is 1. The van der Waals surface area contributed by atoms with Crippen molar-refractivity contribution < 1.29 is 14.3 Å². The Bertz CT molecular complexity index is 790. The number of fused-ring (bicyclic) bond motifs is 3. The molecule has 1 aromatic carbocycles. The van der Waals surface area contributed by atoms with Gasteiger partial charge in [0.1, 0.15) is 5.60 Å². The van der Waals surface area contributed by atoms with Crippen LogP contribution in [0.15, 0.2) is 29.2 Å². The number of carbonyl (C=O) groups excluding carboxylic acids is 2. The molecule has 1 atom stereocenters. The van der Waals surface area contributed by atoms with Crippen LogP contribution < -0.4 is 5.32 Å². The normalized spacial score (nSPS) is 27.1. The molecule has 5 nitrogen and oxygen atoms in total. The van der Waals surface area contributed by atoms with Crippen molar-refractivity contribution in [2.45, 2.75) is 81.4 Å². The second-order valence-corrected chi connectivity index (χ2v) is 11.3. The lowest BCUT2D eigenvalue weighted by atomic mass is 9.65. The van der Waals surface area contributed by atoms with Crippen LogP contribution >= 0.6 is 11.8 Å². The van der Waals surface area contributed by atoms with Crippen molar-refractivity contribution in [1.29, 1.82) is 0 Å². The van der Waals surface area contributed by atoms with Gasteiger partial charge in [-0.05, 0) is 82.9 Å². The van der Waals surface area contributed by atoms with Gasteiger partial charge < -0.3 is 15.0 Å². The zero-order valence-corrected chi connectivity index (χ0v) is 19.4. The molecule has 1 N–H and O–H groups in total. The molecule has 164 valence electrons. The Morgan fingerprint density at radius 1 is 1.20 bits per heavy atom. The van der Waals surface area contributed by atoms with E-state index in [-0.39, 0.29) is 17.9 Å². The third-order valence-corrected chi connectivity index (χ3v) is 8.04. The van der Waals surface area contributed by atoms with Crippen LogP contribution in [0.2, 0.25) is 0 Å². The monoisotopic (exact) mass is 430 g/mol. The van der Waals surface area contributed by atoms with E-state index < -0.39 is 17.2 Å². The molecule has 2 bridgehead atoms. The van der Waals surface area contributed by atoms with Crippen LogP contribution in [-0.4, -0.2) is 40.8 Å². The van der Waals surface area contributed by atoms with E-state index in [2.05, 4.69) is 29.6 Å². The Balaban J connectivity index is 1.59. The third-order valence-electron chi connectivity index (χ3n) is 6.79. The standard InChI is InChI=1S/C24H34N2O3S/c1-23(2,3)29-22(28)25-20(24-13-11-18(12-14-24)21(27)26(24)4)17-7-9-19(10-8-17)30-15-16-5-6-16/h7-10,16,18,20H,5-6,11-15H2,1-4H3,(H,25,28). The maximum atomic E-state index is 12.8. The first-order valence-electron chi connectivity index (χ1n) is 11.2. The minimum absolute atomic E-state index is 0.139. The minimum atomic E-state index is -0.568. The quantitative estimate of drug-likeness (QED) is 0.634. The molecule has 1 aromatic rings. The lowest BCUT2D eigenvalue weighted by Gasteiger charge is -2.56. The van der Waals surface area contributed by atoms with Crippen LogP contribution in [0.25, 0.3) is 0 Å². The zero-order chi connectivity index (χ0) is 21.5. The van der Waals surface area contributed by atoms with E-state index in [1.165, 1.54) is 23.5 Å². The van der Waals surface area contributed by atoms with Crippen LogP contribution in [0.3, 0.4) is 0 Å². The number of thioether (sulfide) groups is 1. The predicted molar refractivity (Wildman–Crippen MR) is 119 cm³/mol. The van der Waals surface area contributed by atoms with Crippen LogP contribution in [0.4, 0.5) is 4.79 Å². The SMILES string of the molecule is CN1C(=O)C2CCC1(C(NC(=O)OC(C)(C)C)c1ccc(SCC3CC3)cc1)CC2. The van der Waals surface area contributed by atoms with Gasteiger partial charge in [-0.2, -0.15) is 0 Å². The van der Waals surface area contributed by atoms with Crippen LogP contribution in [0.5, 0.6) is 0 Å². The summed E-state index contributed by atoms with van der Waals surface area (Å²) in [5.74, 6) is 2.41. The van der Waals surface area contributed by atoms with E-state index in [9.17, 15) is 9.59 Å². The number of piperidine rings is 2. The molecule has 4 fully saturated rings. The van der Waals surface area contributed by atoms with Gasteiger partial charge in [0.2, 0.25) is 5.91 Å². The number of ether oxygens (including phenoxy) is 1. The molecule has 0 radical (unpaired) electrons. The molecule has 2 saturated heterocycles. The van der Waals surface area contributed by atoms with Crippen molar-refractivity contribution in [3.05, 3.63) is 29.8 Å². The summed E-state index contributed by atoms with van der Waals surface area (Å²) in [5.41, 5.74) is 0.0732. The second kappa shape index (κ2) is 8.10. The van der Waals surface area contributed by atoms with Gasteiger partial charge in [0.15, 0.2) is 0 Å². The molecule has 2 amide bonds. The summed E-state index contributed by atoms with van der Waals surface area (Å²) in [4.78, 5) is 28.7. The Hall–Kier alpha value is -1.69. The molecule has 2 aliphatic carbocycles. The first kappa shape index (κ1) is 21.5. The topological polar surface area (TPSA) is 58.6 Å². The molecular weight excluding hydrogens is 396 g/mol. The molecule has 1 unspecified atom stereocenters. The third kappa shape index (κ3) is 4.48. The maximum absolute atomic E-state index is 12.8. The zero-order valence-electron chi connectivity index (χ0n) is 18.6. The molecule has 0 spiro atoms. The van der Waals surface area contributed by atoms with Crippen molar-refractivity contribution in [3.63, 3.8) is 0 Å². The molecular formula is C24H34N2O3S. The number of rotatable bonds is 6. The van der Waals surface area contributed by atoms with E-state index in [0.717, 1.165) is 37.2 Å². The number of alkyl carbamates (subject to hydrolysis) is 1. The average molecular weight is 431 g/mol. The highest BCUT2D eigenvalue weighted by atomic mass is 32.2. The average Bonchev–Trinajstić information content (AvgIpc) is 3.52. The van der Waals surface area contributed by atoms with Crippen LogP contribution in [0, 0.1) is 11.8 Å². The minimum Gasteiger partial charge on any atom is -0.444 e. The molecule has 5 rings (SSSR count). The Morgan fingerprint density at radius 2 is 1.83 bits per heavy atom. The van der Waals surface area contributed by atoms with Gasteiger partial charge in [-0.1, -0.05) is 12.1 Å². The number of hydrogen-bond donors (Lipinski definition) is 1. The van der Waals surface area contributed by atoms with Gasteiger partial charge in [0.05, 0.1) is 11.6 Å². The van der Waals surface area contributed by atoms with E-state index >= 15 is 0 Å². The summed E-state index contributed by atoms with van der Waals surface area (Å²) in [6.45, 7) is 5.60. The number of nitrogens with zero attached hydrogens (tertiary/aromatic N) is 1. The first-order valence-corrected chi connectivity index (χ1v) is 12.2. The molecule has 2 heterocycles.